The first kappa shape index (κ1) is 14.7. The number of rotatable bonds is 4. The Morgan fingerprint density at radius 2 is 2.30 bits per heavy atom. The van der Waals surface area contributed by atoms with Crippen molar-refractivity contribution in [2.75, 3.05) is 24.6 Å². The lowest BCUT2D eigenvalue weighted by atomic mass is 9.98. The molecule has 1 aliphatic rings. The quantitative estimate of drug-likeness (QED) is 0.649. The molecule has 0 aliphatic carbocycles. The molecule has 1 heterocycles. The minimum atomic E-state index is -0.728. The Bertz CT molecular complexity index is 490. The molecule has 110 valence electrons. The fourth-order valence-electron chi connectivity index (χ4n) is 2.65. The first-order chi connectivity index (χ1) is 9.52. The largest absolute Gasteiger partial charge is 0.396 e. The fourth-order valence-corrected chi connectivity index (χ4v) is 2.65. The Labute approximate surface area is 117 Å². The molecule has 20 heavy (non-hydrogen) atoms. The number of aliphatic hydroxyl groups excluding tert-OH is 2. The van der Waals surface area contributed by atoms with Gasteiger partial charge < -0.3 is 15.1 Å². The molecule has 2 unspecified atom stereocenters. The lowest BCUT2D eigenvalue weighted by molar-refractivity contribution is -0.384. The first-order valence-corrected chi connectivity index (χ1v) is 6.85. The summed E-state index contributed by atoms with van der Waals surface area (Å²) < 4.78 is 0. The van der Waals surface area contributed by atoms with Crippen LogP contribution in [0.15, 0.2) is 18.2 Å². The molecule has 0 spiro atoms. The zero-order valence-electron chi connectivity index (χ0n) is 11.5. The molecule has 0 radical (unpaired) electrons. The number of piperidine rings is 1. The van der Waals surface area contributed by atoms with Gasteiger partial charge in [0, 0.05) is 25.8 Å². The molecule has 6 heteroatoms. The third-order valence-corrected chi connectivity index (χ3v) is 3.80. The molecule has 1 aromatic rings. The van der Waals surface area contributed by atoms with Gasteiger partial charge in [0.1, 0.15) is 5.69 Å². The van der Waals surface area contributed by atoms with E-state index in [0.29, 0.717) is 17.8 Å². The van der Waals surface area contributed by atoms with Crippen LogP contribution in [-0.2, 0) is 0 Å². The third-order valence-electron chi connectivity index (χ3n) is 3.80. The van der Waals surface area contributed by atoms with Crippen molar-refractivity contribution in [3.63, 3.8) is 0 Å². The molecule has 2 rings (SSSR count). The summed E-state index contributed by atoms with van der Waals surface area (Å²) in [5.41, 5.74) is 1.12. The number of nitrogens with zero attached hydrogens (tertiary/aromatic N) is 2. The highest BCUT2D eigenvalue weighted by Crippen LogP contribution is 2.33. The van der Waals surface area contributed by atoms with E-state index >= 15 is 0 Å². The molecule has 1 fully saturated rings. The van der Waals surface area contributed by atoms with Gasteiger partial charge in [-0.05, 0) is 37.3 Å². The number of aliphatic hydroxyl groups is 2. The lowest BCUT2D eigenvalue weighted by Gasteiger charge is -2.33. The van der Waals surface area contributed by atoms with Crippen molar-refractivity contribution in [3.8, 4) is 0 Å². The summed E-state index contributed by atoms with van der Waals surface area (Å²) in [5, 5.41) is 30.0. The van der Waals surface area contributed by atoms with E-state index in [1.807, 2.05) is 4.90 Å². The molecule has 0 bridgehead atoms. The van der Waals surface area contributed by atoms with Crippen molar-refractivity contribution >= 4 is 11.4 Å². The van der Waals surface area contributed by atoms with Gasteiger partial charge in [-0.3, -0.25) is 10.1 Å². The third kappa shape index (κ3) is 3.08. The molecule has 1 aliphatic heterocycles. The van der Waals surface area contributed by atoms with E-state index in [2.05, 4.69) is 0 Å². The Morgan fingerprint density at radius 3 is 2.90 bits per heavy atom. The van der Waals surface area contributed by atoms with E-state index in [9.17, 15) is 20.3 Å². The Hall–Kier alpha value is -1.66. The summed E-state index contributed by atoms with van der Waals surface area (Å²) in [7, 11) is 0. The van der Waals surface area contributed by atoms with E-state index in [1.165, 1.54) is 6.07 Å². The van der Waals surface area contributed by atoms with E-state index in [4.69, 9.17) is 0 Å². The second-order valence-electron chi connectivity index (χ2n) is 5.32. The molecule has 0 aromatic heterocycles. The highest BCUT2D eigenvalue weighted by molar-refractivity contribution is 5.64. The fraction of sp³-hybridized carbons (Fsp3) is 0.571. The van der Waals surface area contributed by atoms with Crippen molar-refractivity contribution in [1.82, 2.24) is 0 Å². The standard InChI is InChI=1S/C14H20N2O4/c1-10(18)12-4-5-13(14(7-12)16(19)20)15-6-2-3-11(8-15)9-17/h4-5,7,10-11,17-18H,2-3,6,8-9H2,1H3. The summed E-state index contributed by atoms with van der Waals surface area (Å²) in [5.74, 6) is 0.166. The lowest BCUT2D eigenvalue weighted by Crippen LogP contribution is -2.37. The minimum absolute atomic E-state index is 0.0157. The Balaban J connectivity index is 2.32. The SMILES string of the molecule is CC(O)c1ccc(N2CCCC(CO)C2)c([N+](=O)[O-])c1. The van der Waals surface area contributed by atoms with Gasteiger partial charge in [-0.1, -0.05) is 6.07 Å². The molecule has 1 aromatic carbocycles. The van der Waals surface area contributed by atoms with Crippen LogP contribution in [0.4, 0.5) is 11.4 Å². The van der Waals surface area contributed by atoms with Crippen LogP contribution >= 0.6 is 0 Å². The number of nitro benzene ring substituents is 1. The first-order valence-electron chi connectivity index (χ1n) is 6.85. The molecule has 2 atom stereocenters. The van der Waals surface area contributed by atoms with Gasteiger partial charge in [0.2, 0.25) is 0 Å². The number of nitro groups is 1. The number of hydrogen-bond acceptors (Lipinski definition) is 5. The van der Waals surface area contributed by atoms with Crippen molar-refractivity contribution in [1.29, 1.82) is 0 Å². The van der Waals surface area contributed by atoms with Crippen LogP contribution in [-0.4, -0.2) is 34.8 Å². The van der Waals surface area contributed by atoms with Gasteiger partial charge in [0.15, 0.2) is 0 Å². The van der Waals surface area contributed by atoms with Gasteiger partial charge in [0.05, 0.1) is 11.0 Å². The van der Waals surface area contributed by atoms with Crippen LogP contribution in [0, 0.1) is 16.0 Å². The maximum atomic E-state index is 11.2. The number of anilines is 1. The van der Waals surface area contributed by atoms with Gasteiger partial charge in [0.25, 0.3) is 5.69 Å². The van der Waals surface area contributed by atoms with Gasteiger partial charge >= 0.3 is 0 Å². The van der Waals surface area contributed by atoms with E-state index in [-0.39, 0.29) is 18.2 Å². The van der Waals surface area contributed by atoms with E-state index in [1.54, 1.807) is 19.1 Å². The second-order valence-corrected chi connectivity index (χ2v) is 5.32. The minimum Gasteiger partial charge on any atom is -0.396 e. The number of hydrogen-bond donors (Lipinski definition) is 2. The molecular formula is C14H20N2O4. The molecule has 2 N–H and O–H groups in total. The van der Waals surface area contributed by atoms with Crippen molar-refractivity contribution in [2.45, 2.75) is 25.9 Å². The van der Waals surface area contributed by atoms with Crippen molar-refractivity contribution < 1.29 is 15.1 Å². The van der Waals surface area contributed by atoms with Crippen LogP contribution in [0.1, 0.15) is 31.4 Å². The maximum Gasteiger partial charge on any atom is 0.292 e. The van der Waals surface area contributed by atoms with E-state index < -0.39 is 11.0 Å². The Morgan fingerprint density at radius 1 is 1.55 bits per heavy atom. The second kappa shape index (κ2) is 6.19. The van der Waals surface area contributed by atoms with Crippen LogP contribution < -0.4 is 4.90 Å². The topological polar surface area (TPSA) is 86.8 Å². The average Bonchev–Trinajstić information content (AvgIpc) is 2.46. The van der Waals surface area contributed by atoms with Gasteiger partial charge in [-0.25, -0.2) is 0 Å². The smallest absolute Gasteiger partial charge is 0.292 e. The van der Waals surface area contributed by atoms with Gasteiger partial charge in [-0.2, -0.15) is 0 Å². The van der Waals surface area contributed by atoms with E-state index in [0.717, 1.165) is 19.4 Å². The van der Waals surface area contributed by atoms with Crippen LogP contribution in [0.25, 0.3) is 0 Å². The highest BCUT2D eigenvalue weighted by atomic mass is 16.6. The number of benzene rings is 1. The normalized spacial score (nSPS) is 20.8. The predicted octanol–water partition coefficient (Wildman–Crippen LogP) is 1.86. The van der Waals surface area contributed by atoms with Crippen molar-refractivity contribution in [2.24, 2.45) is 5.92 Å². The summed E-state index contributed by atoms with van der Waals surface area (Å²) >= 11 is 0. The van der Waals surface area contributed by atoms with Crippen LogP contribution in [0.2, 0.25) is 0 Å². The molecule has 6 nitrogen and oxygen atoms in total. The molecular weight excluding hydrogens is 260 g/mol. The summed E-state index contributed by atoms with van der Waals surface area (Å²) in [6.45, 7) is 3.08. The zero-order chi connectivity index (χ0) is 14.7. The summed E-state index contributed by atoms with van der Waals surface area (Å²) in [6.07, 6.45) is 1.14. The molecule has 1 saturated heterocycles. The zero-order valence-corrected chi connectivity index (χ0v) is 11.5. The highest BCUT2D eigenvalue weighted by Gasteiger charge is 2.25. The predicted molar refractivity (Wildman–Crippen MR) is 75.8 cm³/mol. The molecule has 0 amide bonds. The average molecular weight is 280 g/mol. The van der Waals surface area contributed by atoms with Crippen LogP contribution in [0.3, 0.4) is 0 Å². The van der Waals surface area contributed by atoms with Gasteiger partial charge in [-0.15, -0.1) is 0 Å². The monoisotopic (exact) mass is 280 g/mol. The van der Waals surface area contributed by atoms with Crippen LogP contribution in [0.5, 0.6) is 0 Å². The summed E-state index contributed by atoms with van der Waals surface area (Å²) in [6, 6.07) is 4.85. The summed E-state index contributed by atoms with van der Waals surface area (Å²) in [4.78, 5) is 12.8. The maximum absolute atomic E-state index is 11.2. The van der Waals surface area contributed by atoms with Crippen molar-refractivity contribution in [3.05, 3.63) is 33.9 Å². The Kier molecular flexibility index (Phi) is 4.57. The molecule has 0 saturated carbocycles.